The Morgan fingerprint density at radius 2 is 0.868 bits per heavy atom. The third-order valence-electron chi connectivity index (χ3n) is 8.80. The summed E-state index contributed by atoms with van der Waals surface area (Å²) < 4.78 is 5.70. The molecule has 0 saturated carbocycles. The first-order chi connectivity index (χ1) is 17.6. The van der Waals surface area contributed by atoms with Crippen LogP contribution in [0.1, 0.15) is 68.1 Å². The summed E-state index contributed by atoms with van der Waals surface area (Å²) in [5, 5.41) is 0. The standard InChI is InChI=1S/C36H41O.Y/c1-11-37-36-19-18-35(28(9)29(36)10)34-17-14-31(24(5)27(34)8)20-30-13-16-33(26(7)23(30)4)32-15-12-21(2)22(3)25(32)6;/h11-19H,20H2,1-10H3;/q-1;. The van der Waals surface area contributed by atoms with Gasteiger partial charge in [0.25, 0.3) is 0 Å². The van der Waals surface area contributed by atoms with Crippen molar-refractivity contribution >= 4 is 0 Å². The number of hydrogen-bond acceptors (Lipinski definition) is 1. The van der Waals surface area contributed by atoms with Crippen molar-refractivity contribution in [2.24, 2.45) is 0 Å². The number of hydrogen-bond donors (Lipinski definition) is 0. The minimum absolute atomic E-state index is 0. The molecule has 0 aliphatic rings. The van der Waals surface area contributed by atoms with Crippen molar-refractivity contribution in [1.82, 2.24) is 0 Å². The van der Waals surface area contributed by atoms with Crippen molar-refractivity contribution in [1.29, 1.82) is 0 Å². The Balaban J connectivity index is 0.00000400. The molecule has 0 N–H and O–H groups in total. The van der Waals surface area contributed by atoms with Gasteiger partial charge in [-0.25, -0.2) is 0 Å². The maximum atomic E-state index is 5.70. The number of aryl methyl sites for hydroxylation is 1. The quantitative estimate of drug-likeness (QED) is 0.207. The Morgan fingerprint density at radius 3 is 1.34 bits per heavy atom. The van der Waals surface area contributed by atoms with Gasteiger partial charge in [-0.3, -0.25) is 0 Å². The van der Waals surface area contributed by atoms with E-state index >= 15 is 0 Å². The van der Waals surface area contributed by atoms with Gasteiger partial charge in [0, 0.05) is 32.7 Å². The molecule has 4 rings (SSSR count). The number of ether oxygens (including phenoxy) is 1. The Bertz CT molecular complexity index is 1490. The summed E-state index contributed by atoms with van der Waals surface area (Å²) in [5.41, 5.74) is 20.2. The molecule has 1 nitrogen and oxygen atoms in total. The van der Waals surface area contributed by atoms with Crippen LogP contribution in [0, 0.1) is 68.9 Å². The van der Waals surface area contributed by atoms with Crippen molar-refractivity contribution in [2.45, 2.75) is 75.7 Å². The molecule has 0 aliphatic carbocycles. The number of benzene rings is 4. The van der Waals surface area contributed by atoms with Gasteiger partial charge in [-0.15, -0.1) is 0 Å². The SMILES string of the molecule is C[CH-]Oc1ccc(-c2ccc(Cc3ccc(-c4ccc(C)c(C)c4C)c(C)c3C)c(C)c2C)c(C)c1C.[Y]. The summed E-state index contributed by atoms with van der Waals surface area (Å²) in [4.78, 5) is 0. The third kappa shape index (κ3) is 5.56. The summed E-state index contributed by atoms with van der Waals surface area (Å²) in [6.07, 6.45) is 0.947. The van der Waals surface area contributed by atoms with Gasteiger partial charge in [-0.05, 0) is 158 Å². The summed E-state index contributed by atoms with van der Waals surface area (Å²) in [7, 11) is 0. The van der Waals surface area contributed by atoms with Gasteiger partial charge in [0.2, 0.25) is 0 Å². The van der Waals surface area contributed by atoms with Crippen molar-refractivity contribution < 1.29 is 37.4 Å². The van der Waals surface area contributed by atoms with Gasteiger partial charge in [-0.1, -0.05) is 42.5 Å². The van der Waals surface area contributed by atoms with Crippen LogP contribution in [0.25, 0.3) is 22.3 Å². The van der Waals surface area contributed by atoms with Gasteiger partial charge >= 0.3 is 0 Å². The van der Waals surface area contributed by atoms with Crippen LogP contribution in [0.4, 0.5) is 0 Å². The summed E-state index contributed by atoms with van der Waals surface area (Å²) in [6.45, 7) is 23.8. The fourth-order valence-electron chi connectivity index (χ4n) is 5.52. The van der Waals surface area contributed by atoms with E-state index in [0.29, 0.717) is 0 Å². The van der Waals surface area contributed by atoms with E-state index in [1.807, 2.05) is 6.92 Å². The van der Waals surface area contributed by atoms with Crippen LogP contribution in [-0.2, 0) is 39.1 Å². The Labute approximate surface area is 255 Å². The van der Waals surface area contributed by atoms with Gasteiger partial charge < -0.3 is 4.74 Å². The van der Waals surface area contributed by atoms with E-state index < -0.39 is 0 Å². The van der Waals surface area contributed by atoms with Crippen molar-refractivity contribution in [2.75, 3.05) is 0 Å². The van der Waals surface area contributed by atoms with Crippen LogP contribution in [0.15, 0.2) is 48.5 Å². The maximum absolute atomic E-state index is 5.70. The molecule has 1 radical (unpaired) electrons. The molecule has 0 atom stereocenters. The van der Waals surface area contributed by atoms with Crippen LogP contribution in [0.5, 0.6) is 5.75 Å². The zero-order valence-corrected chi connectivity index (χ0v) is 27.7. The fraction of sp³-hybridized carbons (Fsp3) is 0.306. The topological polar surface area (TPSA) is 9.23 Å². The van der Waals surface area contributed by atoms with Crippen LogP contribution < -0.4 is 4.74 Å². The smallest absolute Gasteiger partial charge is 0.0878 e. The first kappa shape index (κ1) is 30.3. The maximum Gasteiger partial charge on any atom is 0.0878 e. The van der Waals surface area contributed by atoms with Gasteiger partial charge in [0.05, 0.1) is 5.75 Å². The minimum Gasteiger partial charge on any atom is -0.662 e. The molecule has 0 unspecified atom stereocenters. The largest absolute Gasteiger partial charge is 0.662 e. The summed E-state index contributed by atoms with van der Waals surface area (Å²) in [6, 6.07) is 18.1. The van der Waals surface area contributed by atoms with Crippen molar-refractivity contribution in [3.8, 4) is 28.0 Å². The zero-order chi connectivity index (χ0) is 27.0. The molecule has 38 heavy (non-hydrogen) atoms. The molecule has 4 aromatic carbocycles. The Kier molecular flexibility index (Phi) is 9.83. The molecule has 0 spiro atoms. The molecule has 4 aromatic rings. The normalized spacial score (nSPS) is 10.9. The van der Waals surface area contributed by atoms with Crippen LogP contribution in [0.2, 0.25) is 0 Å². The Morgan fingerprint density at radius 1 is 0.474 bits per heavy atom. The molecule has 0 fully saturated rings. The first-order valence-electron chi connectivity index (χ1n) is 13.4. The third-order valence-corrected chi connectivity index (χ3v) is 8.80. The molecule has 0 bridgehead atoms. The number of rotatable bonds is 6. The monoisotopic (exact) mass is 578 g/mol. The minimum atomic E-state index is 0. The molecule has 0 aromatic heterocycles. The second-order valence-electron chi connectivity index (χ2n) is 10.6. The van der Waals surface area contributed by atoms with Crippen molar-refractivity contribution in [3.05, 3.63) is 116 Å². The van der Waals surface area contributed by atoms with Gasteiger partial charge in [0.15, 0.2) is 0 Å². The summed E-state index contributed by atoms with van der Waals surface area (Å²) >= 11 is 0. The van der Waals surface area contributed by atoms with Crippen molar-refractivity contribution in [3.63, 3.8) is 0 Å². The molecule has 195 valence electrons. The average molecular weight is 579 g/mol. The zero-order valence-electron chi connectivity index (χ0n) is 24.9. The van der Waals surface area contributed by atoms with E-state index in [0.717, 1.165) is 12.2 Å². The molecule has 0 amide bonds. The van der Waals surface area contributed by atoms with Crippen LogP contribution >= 0.6 is 0 Å². The van der Waals surface area contributed by atoms with E-state index in [-0.39, 0.29) is 32.7 Å². The van der Waals surface area contributed by atoms with Gasteiger partial charge in [-0.2, -0.15) is 13.5 Å². The molecular formula is C36H41OY-. The van der Waals surface area contributed by atoms with E-state index in [1.54, 1.807) is 6.61 Å². The van der Waals surface area contributed by atoms with E-state index in [9.17, 15) is 0 Å². The van der Waals surface area contributed by atoms with Crippen LogP contribution in [-0.4, -0.2) is 0 Å². The van der Waals surface area contributed by atoms with Gasteiger partial charge in [0.1, 0.15) is 0 Å². The second-order valence-corrected chi connectivity index (χ2v) is 10.6. The predicted octanol–water partition coefficient (Wildman–Crippen LogP) is 9.95. The first-order valence-corrected chi connectivity index (χ1v) is 13.4. The molecular weight excluding hydrogens is 537 g/mol. The van der Waals surface area contributed by atoms with E-state index in [2.05, 4.69) is 111 Å². The van der Waals surface area contributed by atoms with E-state index in [4.69, 9.17) is 4.74 Å². The predicted molar refractivity (Wildman–Crippen MR) is 160 cm³/mol. The molecule has 0 aliphatic heterocycles. The molecule has 2 heteroatoms. The second kappa shape index (κ2) is 12.3. The Hall–Kier alpha value is -2.22. The van der Waals surface area contributed by atoms with E-state index in [1.165, 1.54) is 83.5 Å². The molecule has 0 saturated heterocycles. The average Bonchev–Trinajstić information content (AvgIpc) is 2.88. The summed E-state index contributed by atoms with van der Waals surface area (Å²) in [5.74, 6) is 0.931. The molecule has 0 heterocycles. The van der Waals surface area contributed by atoms with Crippen LogP contribution in [0.3, 0.4) is 0 Å². The fourth-order valence-corrected chi connectivity index (χ4v) is 5.52.